The fraction of sp³-hybridized carbons (Fsp3) is 0.400. The molecule has 0 bridgehead atoms. The number of methoxy groups -OCH3 is 1. The molecule has 1 aromatic rings. The van der Waals surface area contributed by atoms with Gasteiger partial charge in [0.25, 0.3) is 0 Å². The van der Waals surface area contributed by atoms with Gasteiger partial charge in [-0.1, -0.05) is 24.3 Å². The molecule has 0 saturated carbocycles. The Morgan fingerprint density at radius 2 is 1.78 bits per heavy atom. The molecule has 1 aromatic heterocycles. The van der Waals surface area contributed by atoms with Crippen LogP contribution in [0.25, 0.3) is 0 Å². The van der Waals surface area contributed by atoms with Crippen molar-refractivity contribution in [2.24, 2.45) is 5.14 Å². The number of aryl methyl sites for hydroxylation is 2. The summed E-state index contributed by atoms with van der Waals surface area (Å²) in [5.41, 5.74) is 0.482. The van der Waals surface area contributed by atoms with E-state index in [9.17, 15) is 13.2 Å². The van der Waals surface area contributed by atoms with Crippen LogP contribution in [0.5, 0.6) is 0 Å². The molecule has 0 aliphatic heterocycles. The summed E-state index contributed by atoms with van der Waals surface area (Å²) in [5.74, 6) is -0.718. The molecule has 0 fully saturated rings. The van der Waals surface area contributed by atoms with Gasteiger partial charge in [0.15, 0.2) is 11.2 Å². The number of allylic oxidation sites excluding steroid dienone is 2. The van der Waals surface area contributed by atoms with Crippen LogP contribution in [0.4, 0.5) is 0 Å². The summed E-state index contributed by atoms with van der Waals surface area (Å²) in [6.45, 7) is 5.40. The molecule has 124 valence electrons. The molecule has 8 heteroatoms. The first-order valence-electron chi connectivity index (χ1n) is 6.93. The monoisotopic (exact) mass is 337 g/mol. The van der Waals surface area contributed by atoms with E-state index < -0.39 is 26.7 Å². The maximum atomic E-state index is 12.5. The Morgan fingerprint density at radius 1 is 1.22 bits per heavy atom. The third-order valence-corrected chi connectivity index (χ3v) is 5.32. The number of carbonyl (C=O) groups excluding carboxylic acids is 1. The maximum absolute atomic E-state index is 12.5. The summed E-state index contributed by atoms with van der Waals surface area (Å²) < 4.78 is 29.0. The number of nitrogens with zero attached hydrogens (tertiary/aromatic N) is 2. The lowest BCUT2D eigenvalue weighted by Gasteiger charge is -2.33. The minimum Gasteiger partial charge on any atom is -0.468 e. The zero-order chi connectivity index (χ0) is 17.4. The van der Waals surface area contributed by atoms with Crippen LogP contribution in [-0.2, 0) is 25.0 Å². The molecule has 0 spiro atoms. The van der Waals surface area contributed by atoms with Gasteiger partial charge in [0.05, 0.1) is 7.11 Å². The van der Waals surface area contributed by atoms with E-state index in [1.165, 1.54) is 25.3 Å². The van der Waals surface area contributed by atoms with Gasteiger partial charge in [-0.3, -0.25) is 4.79 Å². The minimum atomic E-state index is -4.09. The molecule has 0 radical (unpaired) electrons. The van der Waals surface area contributed by atoms with Gasteiger partial charge in [0.2, 0.25) is 10.0 Å². The van der Waals surface area contributed by atoms with Crippen LogP contribution in [0, 0.1) is 20.8 Å². The zero-order valence-corrected chi connectivity index (χ0v) is 14.2. The van der Waals surface area contributed by atoms with Crippen LogP contribution in [0.2, 0.25) is 0 Å². The normalized spacial score (nSPS) is 23.8. The SMILES string of the molecule is COC(=O)C1(c2nc(C)c(C)c(C)n2)C=CC=CC1S(N)(=O)=O. The van der Waals surface area contributed by atoms with Gasteiger partial charge in [-0.05, 0) is 26.3 Å². The molecule has 2 rings (SSSR count). The third-order valence-electron chi connectivity index (χ3n) is 4.08. The van der Waals surface area contributed by atoms with Crippen LogP contribution in [0.1, 0.15) is 22.8 Å². The highest BCUT2D eigenvalue weighted by atomic mass is 32.2. The lowest BCUT2D eigenvalue weighted by atomic mass is 9.79. The van der Waals surface area contributed by atoms with Crippen LogP contribution in [0.15, 0.2) is 24.3 Å². The number of nitrogens with two attached hydrogens (primary N) is 1. The molecule has 1 aliphatic carbocycles. The summed E-state index contributed by atoms with van der Waals surface area (Å²) >= 11 is 0. The van der Waals surface area contributed by atoms with E-state index >= 15 is 0 Å². The van der Waals surface area contributed by atoms with Crippen molar-refractivity contribution >= 4 is 16.0 Å². The summed E-state index contributed by atoms with van der Waals surface area (Å²) in [6, 6.07) is 0. The Labute approximate surface area is 135 Å². The van der Waals surface area contributed by atoms with E-state index in [4.69, 9.17) is 9.88 Å². The van der Waals surface area contributed by atoms with Crippen molar-refractivity contribution in [2.45, 2.75) is 31.4 Å². The van der Waals surface area contributed by atoms with Crippen molar-refractivity contribution in [2.75, 3.05) is 7.11 Å². The molecule has 2 unspecified atom stereocenters. The first-order chi connectivity index (χ1) is 10.6. The average molecular weight is 337 g/mol. The number of hydrogen-bond acceptors (Lipinski definition) is 6. The molecular weight excluding hydrogens is 318 g/mol. The Morgan fingerprint density at radius 3 is 2.26 bits per heavy atom. The average Bonchev–Trinajstić information content (AvgIpc) is 2.50. The number of primary sulfonamides is 1. The van der Waals surface area contributed by atoms with Crippen molar-refractivity contribution in [1.82, 2.24) is 9.97 Å². The molecule has 23 heavy (non-hydrogen) atoms. The minimum absolute atomic E-state index is 0.0598. The lowest BCUT2D eigenvalue weighted by Crippen LogP contribution is -2.52. The first kappa shape index (κ1) is 17.3. The lowest BCUT2D eigenvalue weighted by molar-refractivity contribution is -0.145. The summed E-state index contributed by atoms with van der Waals surface area (Å²) in [6.07, 6.45) is 5.86. The highest BCUT2D eigenvalue weighted by Gasteiger charge is 2.53. The fourth-order valence-electron chi connectivity index (χ4n) is 2.59. The predicted molar refractivity (Wildman–Crippen MR) is 85.1 cm³/mol. The standard InChI is InChI=1S/C15H19N3O4S/c1-9-10(2)17-13(18-11(9)3)15(14(19)22-4)8-6-5-7-12(15)23(16,20)21/h5-8,12H,1-4H3,(H2,16,20,21). The van der Waals surface area contributed by atoms with Crippen molar-refractivity contribution in [3.63, 3.8) is 0 Å². The Bertz CT molecular complexity index is 791. The van der Waals surface area contributed by atoms with Crippen LogP contribution in [0.3, 0.4) is 0 Å². The highest BCUT2D eigenvalue weighted by Crippen LogP contribution is 2.36. The number of hydrogen-bond donors (Lipinski definition) is 1. The second-order valence-electron chi connectivity index (χ2n) is 5.46. The summed E-state index contributed by atoms with van der Waals surface area (Å²) in [4.78, 5) is 21.2. The van der Waals surface area contributed by atoms with Gasteiger partial charge in [-0.2, -0.15) is 0 Å². The van der Waals surface area contributed by atoms with Gasteiger partial charge in [-0.15, -0.1) is 0 Å². The van der Waals surface area contributed by atoms with E-state index in [-0.39, 0.29) is 5.82 Å². The van der Waals surface area contributed by atoms with Crippen LogP contribution in [-0.4, -0.2) is 36.7 Å². The number of ether oxygens (including phenoxy) is 1. The van der Waals surface area contributed by atoms with Gasteiger partial charge in [0, 0.05) is 11.4 Å². The second-order valence-corrected chi connectivity index (χ2v) is 7.14. The molecule has 2 N–H and O–H groups in total. The first-order valence-corrected chi connectivity index (χ1v) is 8.54. The quantitative estimate of drug-likeness (QED) is 0.808. The smallest absolute Gasteiger partial charge is 0.325 e. The third kappa shape index (κ3) is 2.79. The van der Waals surface area contributed by atoms with Crippen molar-refractivity contribution < 1.29 is 17.9 Å². The van der Waals surface area contributed by atoms with Crippen molar-refractivity contribution in [1.29, 1.82) is 0 Å². The van der Waals surface area contributed by atoms with Gasteiger partial charge >= 0.3 is 5.97 Å². The molecule has 0 aromatic carbocycles. The van der Waals surface area contributed by atoms with E-state index in [1.54, 1.807) is 19.9 Å². The molecular formula is C15H19N3O4S. The van der Waals surface area contributed by atoms with Crippen molar-refractivity contribution in [3.8, 4) is 0 Å². The number of aromatic nitrogens is 2. The van der Waals surface area contributed by atoms with Crippen LogP contribution >= 0.6 is 0 Å². The number of carbonyl (C=O) groups is 1. The Balaban J connectivity index is 2.83. The molecule has 0 saturated heterocycles. The second kappa shape index (κ2) is 5.86. The topological polar surface area (TPSA) is 112 Å². The Hall–Kier alpha value is -2.06. The molecule has 1 heterocycles. The summed E-state index contributed by atoms with van der Waals surface area (Å²) in [5, 5.41) is 4.01. The van der Waals surface area contributed by atoms with E-state index in [0.29, 0.717) is 11.4 Å². The van der Waals surface area contributed by atoms with Crippen molar-refractivity contribution in [3.05, 3.63) is 47.1 Å². The van der Waals surface area contributed by atoms with Crippen LogP contribution < -0.4 is 5.14 Å². The zero-order valence-electron chi connectivity index (χ0n) is 13.4. The van der Waals surface area contributed by atoms with E-state index in [2.05, 4.69) is 9.97 Å². The molecule has 7 nitrogen and oxygen atoms in total. The summed E-state index contributed by atoms with van der Waals surface area (Å²) in [7, 11) is -2.91. The highest BCUT2D eigenvalue weighted by molar-refractivity contribution is 7.90. The maximum Gasteiger partial charge on any atom is 0.325 e. The molecule has 0 amide bonds. The Kier molecular flexibility index (Phi) is 4.41. The largest absolute Gasteiger partial charge is 0.468 e. The van der Waals surface area contributed by atoms with Gasteiger partial charge in [-0.25, -0.2) is 23.5 Å². The number of rotatable bonds is 3. The van der Waals surface area contributed by atoms with E-state index in [1.807, 2.05) is 6.92 Å². The molecule has 1 aliphatic rings. The number of esters is 1. The fourth-order valence-corrected chi connectivity index (χ4v) is 3.70. The predicted octanol–water partition coefficient (Wildman–Crippen LogP) is 0.596. The van der Waals surface area contributed by atoms with E-state index in [0.717, 1.165) is 5.56 Å². The number of sulfonamides is 1. The van der Waals surface area contributed by atoms with Gasteiger partial charge < -0.3 is 4.74 Å². The molecule has 2 atom stereocenters. The van der Waals surface area contributed by atoms with Gasteiger partial charge in [0.1, 0.15) is 5.25 Å².